The average Bonchev–Trinajstić information content (AvgIpc) is 2.73. The largest absolute Gasteiger partial charge is 0.453 e. The first-order valence-electron chi connectivity index (χ1n) is 9.34. The van der Waals surface area contributed by atoms with Crippen LogP contribution in [0.2, 0.25) is 0 Å². The highest BCUT2D eigenvalue weighted by atomic mass is 32.2. The summed E-state index contributed by atoms with van der Waals surface area (Å²) >= 11 is 0. The van der Waals surface area contributed by atoms with E-state index in [1.165, 1.54) is 4.90 Å². The second kappa shape index (κ2) is 7.78. The lowest BCUT2D eigenvalue weighted by atomic mass is 10.0. The van der Waals surface area contributed by atoms with E-state index in [1.54, 1.807) is 62.5 Å². The van der Waals surface area contributed by atoms with Gasteiger partial charge in [-0.25, -0.2) is 0 Å². The number of ether oxygens (including phenoxy) is 1. The van der Waals surface area contributed by atoms with Crippen LogP contribution in [0.4, 0.5) is 11.4 Å². The van der Waals surface area contributed by atoms with E-state index in [1.807, 2.05) is 30.3 Å². The van der Waals surface area contributed by atoms with Crippen LogP contribution in [0.5, 0.6) is 11.5 Å². The lowest BCUT2D eigenvalue weighted by Crippen LogP contribution is -2.27. The van der Waals surface area contributed by atoms with Gasteiger partial charge in [0.25, 0.3) is 0 Å². The van der Waals surface area contributed by atoms with Gasteiger partial charge in [0, 0.05) is 11.8 Å². The molecule has 7 heteroatoms. The van der Waals surface area contributed by atoms with E-state index in [0.717, 1.165) is 0 Å². The van der Waals surface area contributed by atoms with Gasteiger partial charge in [-0.05, 0) is 49.8 Å². The molecular weight excluding hydrogens is 400 g/mol. The van der Waals surface area contributed by atoms with Gasteiger partial charge in [-0.1, -0.05) is 42.5 Å². The summed E-state index contributed by atoms with van der Waals surface area (Å²) in [5, 5.41) is -0.235. The van der Waals surface area contributed by atoms with Crippen molar-refractivity contribution >= 4 is 21.5 Å². The minimum absolute atomic E-state index is 0.235. The van der Waals surface area contributed by atoms with E-state index in [-0.39, 0.29) is 5.03 Å². The number of allylic oxidation sites excluding steroid dienone is 3. The quantitative estimate of drug-likeness (QED) is 0.432. The molecule has 2 heterocycles. The van der Waals surface area contributed by atoms with Gasteiger partial charge in [0.05, 0.1) is 17.1 Å². The van der Waals surface area contributed by atoms with Crippen molar-refractivity contribution in [3.8, 4) is 22.8 Å². The Labute approximate surface area is 175 Å². The fraction of sp³-hybridized carbons (Fsp3) is 0.0870. The summed E-state index contributed by atoms with van der Waals surface area (Å²) in [5.74, 6) is 0.948. The molecule has 0 spiro atoms. The zero-order chi connectivity index (χ0) is 21.3. The number of anilines is 2. The molecule has 1 aliphatic heterocycles. The number of aromatic nitrogens is 1. The van der Waals surface area contributed by atoms with Crippen LogP contribution < -0.4 is 9.64 Å². The van der Waals surface area contributed by atoms with Crippen LogP contribution >= 0.6 is 0 Å². The smallest absolute Gasteiger partial charge is 0.310 e. The predicted octanol–water partition coefficient (Wildman–Crippen LogP) is 5.69. The van der Waals surface area contributed by atoms with Crippen LogP contribution in [-0.4, -0.2) is 18.0 Å². The molecule has 0 saturated carbocycles. The van der Waals surface area contributed by atoms with Crippen molar-refractivity contribution in [1.82, 2.24) is 4.98 Å². The zero-order valence-electron chi connectivity index (χ0n) is 16.5. The van der Waals surface area contributed by atoms with E-state index >= 15 is 0 Å². The lowest BCUT2D eigenvalue weighted by molar-refractivity contribution is 0.473. The fourth-order valence-electron chi connectivity index (χ4n) is 3.56. The van der Waals surface area contributed by atoms with Crippen molar-refractivity contribution in [3.05, 3.63) is 89.6 Å². The van der Waals surface area contributed by atoms with Gasteiger partial charge in [0.2, 0.25) is 0 Å². The third-order valence-electron chi connectivity index (χ3n) is 4.69. The van der Waals surface area contributed by atoms with Crippen molar-refractivity contribution in [2.75, 3.05) is 4.90 Å². The first-order chi connectivity index (χ1) is 14.4. The molecule has 4 rings (SSSR count). The van der Waals surface area contributed by atoms with E-state index in [0.29, 0.717) is 39.7 Å². The summed E-state index contributed by atoms with van der Waals surface area (Å²) < 4.78 is 41.5. The van der Waals surface area contributed by atoms with Gasteiger partial charge in [-0.15, -0.1) is 0 Å². The van der Waals surface area contributed by atoms with Gasteiger partial charge >= 0.3 is 10.1 Å². The average molecular weight is 420 g/mol. The third-order valence-corrected chi connectivity index (χ3v) is 5.68. The molecule has 152 valence electrons. The second-order valence-corrected chi connectivity index (χ2v) is 8.07. The molecule has 0 atom stereocenters. The Morgan fingerprint density at radius 3 is 2.47 bits per heavy atom. The Morgan fingerprint density at radius 1 is 1.03 bits per heavy atom. The summed E-state index contributed by atoms with van der Waals surface area (Å²) in [5.41, 5.74) is 2.72. The van der Waals surface area contributed by atoms with Crippen molar-refractivity contribution in [1.29, 1.82) is 0 Å². The SMILES string of the molecule is C/C=C\C(C)=C(/N1c2ccccc2Oc2cccc(-c3ccccn3)c21)S(=O)(=O)O. The van der Waals surface area contributed by atoms with E-state index in [9.17, 15) is 13.0 Å². The van der Waals surface area contributed by atoms with E-state index in [4.69, 9.17) is 4.74 Å². The van der Waals surface area contributed by atoms with Crippen LogP contribution in [0.3, 0.4) is 0 Å². The van der Waals surface area contributed by atoms with Crippen LogP contribution in [0, 0.1) is 0 Å². The molecule has 0 radical (unpaired) electrons. The molecule has 6 nitrogen and oxygen atoms in total. The Kier molecular flexibility index (Phi) is 5.15. The minimum atomic E-state index is -4.59. The monoisotopic (exact) mass is 420 g/mol. The normalized spacial score (nSPS) is 14.0. The zero-order valence-corrected chi connectivity index (χ0v) is 17.3. The Balaban J connectivity index is 2.11. The molecule has 0 fully saturated rings. The second-order valence-electron chi connectivity index (χ2n) is 6.74. The number of nitrogens with zero attached hydrogens (tertiary/aromatic N) is 2. The third kappa shape index (κ3) is 3.49. The fourth-order valence-corrected chi connectivity index (χ4v) is 4.45. The van der Waals surface area contributed by atoms with Gasteiger partial charge < -0.3 is 4.74 Å². The van der Waals surface area contributed by atoms with E-state index < -0.39 is 10.1 Å². The summed E-state index contributed by atoms with van der Waals surface area (Å²) in [6, 6.07) is 18.0. The Hall–Kier alpha value is -3.42. The minimum Gasteiger partial charge on any atom is -0.453 e. The highest BCUT2D eigenvalue weighted by molar-refractivity contribution is 7.90. The number of fused-ring (bicyclic) bond motifs is 2. The molecule has 3 aromatic rings. The standard InChI is InChI=1S/C23H20N2O4S/c1-3-9-16(2)23(30(26,27)28)25-19-12-4-5-13-20(19)29-21-14-8-10-17(22(21)25)18-11-6-7-15-24-18/h3-15H,1-2H3,(H,26,27,28)/b9-3-,23-16+. The molecule has 1 aromatic heterocycles. The number of benzene rings is 2. The first kappa shape index (κ1) is 19.9. The van der Waals surface area contributed by atoms with Crippen molar-refractivity contribution in [3.63, 3.8) is 0 Å². The summed E-state index contributed by atoms with van der Waals surface area (Å²) in [6.07, 6.45) is 5.03. The molecule has 2 aromatic carbocycles. The predicted molar refractivity (Wildman–Crippen MR) is 117 cm³/mol. The van der Waals surface area contributed by atoms with Gasteiger partial charge in [0.1, 0.15) is 0 Å². The van der Waals surface area contributed by atoms with E-state index in [2.05, 4.69) is 4.98 Å². The molecule has 1 aliphatic rings. The van der Waals surface area contributed by atoms with Crippen molar-refractivity contribution in [2.45, 2.75) is 13.8 Å². The van der Waals surface area contributed by atoms with Crippen LogP contribution in [0.15, 0.2) is 89.6 Å². The summed E-state index contributed by atoms with van der Waals surface area (Å²) in [6.45, 7) is 3.43. The van der Waals surface area contributed by atoms with Gasteiger partial charge in [-0.3, -0.25) is 14.4 Å². The molecule has 0 unspecified atom stereocenters. The lowest BCUT2D eigenvalue weighted by Gasteiger charge is -2.35. The molecule has 1 N–H and O–H groups in total. The highest BCUT2D eigenvalue weighted by Gasteiger charge is 2.35. The topological polar surface area (TPSA) is 79.7 Å². The van der Waals surface area contributed by atoms with Gasteiger partial charge in [-0.2, -0.15) is 8.42 Å². The van der Waals surface area contributed by atoms with Crippen LogP contribution in [0.1, 0.15) is 13.8 Å². The molecular formula is C23H20N2O4S. The molecule has 0 amide bonds. The Bertz CT molecular complexity index is 1270. The molecule has 0 aliphatic carbocycles. The van der Waals surface area contributed by atoms with Gasteiger partial charge in [0.15, 0.2) is 16.5 Å². The summed E-state index contributed by atoms with van der Waals surface area (Å²) in [7, 11) is -4.59. The molecule has 0 saturated heterocycles. The summed E-state index contributed by atoms with van der Waals surface area (Å²) in [4.78, 5) is 5.96. The maximum absolute atomic E-state index is 12.6. The number of hydrogen-bond acceptors (Lipinski definition) is 5. The van der Waals surface area contributed by atoms with Crippen LogP contribution in [0.25, 0.3) is 11.3 Å². The number of rotatable bonds is 4. The van der Waals surface area contributed by atoms with Crippen molar-refractivity contribution in [2.24, 2.45) is 0 Å². The Morgan fingerprint density at radius 2 is 1.77 bits per heavy atom. The van der Waals surface area contributed by atoms with Crippen LogP contribution in [-0.2, 0) is 10.1 Å². The molecule has 0 bridgehead atoms. The highest BCUT2D eigenvalue weighted by Crippen LogP contribution is 2.52. The number of hydrogen-bond donors (Lipinski definition) is 1. The number of pyridine rings is 1. The van der Waals surface area contributed by atoms with Crippen molar-refractivity contribution < 1.29 is 17.7 Å². The maximum Gasteiger partial charge on any atom is 0.310 e. The first-order valence-corrected chi connectivity index (χ1v) is 10.8. The number of para-hydroxylation sites is 3. The molecule has 30 heavy (non-hydrogen) atoms. The maximum atomic E-state index is 12.6.